The summed E-state index contributed by atoms with van der Waals surface area (Å²) in [6.45, 7) is 7.13. The van der Waals surface area contributed by atoms with Crippen molar-refractivity contribution < 1.29 is 13.2 Å². The van der Waals surface area contributed by atoms with Gasteiger partial charge in [-0.2, -0.15) is 4.31 Å². The third-order valence-corrected chi connectivity index (χ3v) is 7.98. The van der Waals surface area contributed by atoms with Crippen molar-refractivity contribution in [3.05, 3.63) is 64.2 Å². The van der Waals surface area contributed by atoms with Gasteiger partial charge in [0.2, 0.25) is 10.0 Å². The second-order valence-electron chi connectivity index (χ2n) is 8.07. The summed E-state index contributed by atoms with van der Waals surface area (Å²) in [6, 6.07) is 12.2. The number of sulfonamides is 1. The number of nitrogens with zero attached hydrogens (tertiary/aromatic N) is 1. The highest BCUT2D eigenvalue weighted by Gasteiger charge is 2.29. The molecule has 1 aliphatic rings. The van der Waals surface area contributed by atoms with Gasteiger partial charge in [-0.05, 0) is 55.9 Å². The van der Waals surface area contributed by atoms with Crippen LogP contribution in [0.2, 0.25) is 5.02 Å². The largest absolute Gasteiger partial charge is 0.345 e. The van der Waals surface area contributed by atoms with Crippen molar-refractivity contribution in [2.75, 3.05) is 13.1 Å². The minimum atomic E-state index is -3.65. The summed E-state index contributed by atoms with van der Waals surface area (Å²) in [5, 5.41) is 3.23. The van der Waals surface area contributed by atoms with E-state index in [1.165, 1.54) is 22.5 Å². The third-order valence-electron chi connectivity index (χ3n) is 5.76. The zero-order valence-corrected chi connectivity index (χ0v) is 19.3. The molecule has 0 bridgehead atoms. The lowest BCUT2D eigenvalue weighted by molar-refractivity contribution is 0.0935. The Bertz CT molecular complexity index is 998. The molecule has 1 aliphatic heterocycles. The molecule has 7 heteroatoms. The van der Waals surface area contributed by atoms with Gasteiger partial charge in [0, 0.05) is 13.1 Å². The molecule has 2 aromatic rings. The lowest BCUT2D eigenvalue weighted by Crippen LogP contribution is -2.38. The summed E-state index contributed by atoms with van der Waals surface area (Å²) in [4.78, 5) is 13.1. The number of hydrogen-bond acceptors (Lipinski definition) is 3. The van der Waals surface area contributed by atoms with Gasteiger partial charge in [0.05, 0.1) is 21.5 Å². The zero-order chi connectivity index (χ0) is 21.9. The van der Waals surface area contributed by atoms with E-state index in [0.29, 0.717) is 25.4 Å². The van der Waals surface area contributed by atoms with Crippen LogP contribution in [0.3, 0.4) is 0 Å². The van der Waals surface area contributed by atoms with Crippen LogP contribution in [0.4, 0.5) is 0 Å². The molecule has 0 aromatic heterocycles. The molecule has 1 fully saturated rings. The highest BCUT2D eigenvalue weighted by molar-refractivity contribution is 7.89. The zero-order valence-electron chi connectivity index (χ0n) is 17.7. The van der Waals surface area contributed by atoms with Crippen molar-refractivity contribution >= 4 is 27.5 Å². The van der Waals surface area contributed by atoms with Crippen LogP contribution in [-0.4, -0.2) is 31.7 Å². The van der Waals surface area contributed by atoms with Crippen LogP contribution < -0.4 is 5.32 Å². The van der Waals surface area contributed by atoms with Gasteiger partial charge >= 0.3 is 0 Å². The molecule has 2 aromatic carbocycles. The number of carbonyl (C=O) groups excluding carboxylic acids is 1. The minimum absolute atomic E-state index is 0.106. The van der Waals surface area contributed by atoms with Crippen molar-refractivity contribution in [1.82, 2.24) is 9.62 Å². The fraction of sp³-hybridized carbons (Fsp3) is 0.435. The van der Waals surface area contributed by atoms with Crippen LogP contribution in [0.15, 0.2) is 47.4 Å². The van der Waals surface area contributed by atoms with Gasteiger partial charge in [-0.1, -0.05) is 55.3 Å². The Hall–Kier alpha value is -1.89. The standard InChI is InChI=1S/C23H29ClN2O3S/c1-4-22(18-7-5-16(2)6-8-18)25-23(27)20-15-19(9-10-21(20)24)30(28,29)26-13-11-17(3)12-14-26/h5-10,15,17,22H,4,11-14H2,1-3H3,(H,25,27). The van der Waals surface area contributed by atoms with Gasteiger partial charge in [0.15, 0.2) is 0 Å². The first kappa shape index (κ1) is 22.8. The summed E-state index contributed by atoms with van der Waals surface area (Å²) in [5.74, 6) is 0.146. The van der Waals surface area contributed by atoms with Crippen LogP contribution in [0.5, 0.6) is 0 Å². The molecule has 1 amide bonds. The lowest BCUT2D eigenvalue weighted by atomic mass is 10.0. The third kappa shape index (κ3) is 5.05. The number of amides is 1. The highest BCUT2D eigenvalue weighted by atomic mass is 35.5. The second-order valence-corrected chi connectivity index (χ2v) is 10.4. The van der Waals surface area contributed by atoms with E-state index in [0.717, 1.165) is 24.0 Å². The number of hydrogen-bond donors (Lipinski definition) is 1. The van der Waals surface area contributed by atoms with E-state index in [2.05, 4.69) is 12.2 Å². The second kappa shape index (κ2) is 9.50. The van der Waals surface area contributed by atoms with Crippen LogP contribution >= 0.6 is 11.6 Å². The van der Waals surface area contributed by atoms with Gasteiger partial charge < -0.3 is 5.32 Å². The molecule has 0 spiro atoms. The normalized spacial score (nSPS) is 16.9. The first-order valence-electron chi connectivity index (χ1n) is 10.4. The smallest absolute Gasteiger partial charge is 0.253 e. The number of nitrogens with one attached hydrogen (secondary N) is 1. The Labute approximate surface area is 184 Å². The van der Waals surface area contributed by atoms with Gasteiger partial charge in [0.25, 0.3) is 5.91 Å². The van der Waals surface area contributed by atoms with E-state index in [1.807, 2.05) is 38.1 Å². The quantitative estimate of drug-likeness (QED) is 0.679. The molecule has 1 saturated heterocycles. The average molecular weight is 449 g/mol. The maximum Gasteiger partial charge on any atom is 0.253 e. The fourth-order valence-electron chi connectivity index (χ4n) is 3.67. The molecule has 1 N–H and O–H groups in total. The predicted molar refractivity (Wildman–Crippen MR) is 120 cm³/mol. The van der Waals surface area contributed by atoms with Crippen molar-refractivity contribution in [2.45, 2.75) is 51.0 Å². The van der Waals surface area contributed by atoms with E-state index < -0.39 is 10.0 Å². The van der Waals surface area contributed by atoms with Crippen LogP contribution in [0.25, 0.3) is 0 Å². The van der Waals surface area contributed by atoms with E-state index in [1.54, 1.807) is 0 Å². The Balaban J connectivity index is 1.83. The van der Waals surface area contributed by atoms with E-state index in [4.69, 9.17) is 11.6 Å². The van der Waals surface area contributed by atoms with Crippen molar-refractivity contribution in [3.63, 3.8) is 0 Å². The van der Waals surface area contributed by atoms with Gasteiger partial charge in [0.1, 0.15) is 0 Å². The van der Waals surface area contributed by atoms with Crippen LogP contribution in [0, 0.1) is 12.8 Å². The first-order chi connectivity index (χ1) is 14.2. The summed E-state index contributed by atoms with van der Waals surface area (Å²) in [6.07, 6.45) is 2.39. The van der Waals surface area contributed by atoms with Gasteiger partial charge in [-0.3, -0.25) is 4.79 Å². The maximum absolute atomic E-state index is 13.1. The molecule has 3 rings (SSSR count). The number of rotatable bonds is 6. The Morgan fingerprint density at radius 2 is 1.80 bits per heavy atom. The maximum atomic E-state index is 13.1. The number of aryl methyl sites for hydroxylation is 1. The summed E-state index contributed by atoms with van der Waals surface area (Å²) < 4.78 is 27.6. The van der Waals surface area contributed by atoms with E-state index >= 15 is 0 Å². The summed E-state index contributed by atoms with van der Waals surface area (Å²) >= 11 is 6.27. The molecular weight excluding hydrogens is 420 g/mol. The van der Waals surface area contributed by atoms with E-state index in [-0.39, 0.29) is 27.4 Å². The first-order valence-corrected chi connectivity index (χ1v) is 12.2. The van der Waals surface area contributed by atoms with Crippen molar-refractivity contribution in [2.24, 2.45) is 5.92 Å². The topological polar surface area (TPSA) is 66.5 Å². The molecule has 1 unspecified atom stereocenters. The molecule has 0 radical (unpaired) electrons. The molecular formula is C23H29ClN2O3S. The Morgan fingerprint density at radius 1 is 1.17 bits per heavy atom. The number of carbonyl (C=O) groups is 1. The van der Waals surface area contributed by atoms with Gasteiger partial charge in [-0.25, -0.2) is 8.42 Å². The number of halogens is 1. The fourth-order valence-corrected chi connectivity index (χ4v) is 5.37. The molecule has 5 nitrogen and oxygen atoms in total. The molecule has 1 heterocycles. The SMILES string of the molecule is CCC(NC(=O)c1cc(S(=O)(=O)N2CCC(C)CC2)ccc1Cl)c1ccc(C)cc1. The lowest BCUT2D eigenvalue weighted by Gasteiger charge is -2.29. The predicted octanol–water partition coefficient (Wildman–Crippen LogP) is 4.95. The van der Waals surface area contributed by atoms with Crippen LogP contribution in [0.1, 0.15) is 60.6 Å². The van der Waals surface area contributed by atoms with Crippen molar-refractivity contribution in [3.8, 4) is 0 Å². The average Bonchev–Trinajstić information content (AvgIpc) is 2.73. The molecule has 30 heavy (non-hydrogen) atoms. The Morgan fingerprint density at radius 3 is 2.40 bits per heavy atom. The molecule has 0 saturated carbocycles. The summed E-state index contributed by atoms with van der Waals surface area (Å²) in [5.41, 5.74) is 2.32. The van der Waals surface area contributed by atoms with E-state index in [9.17, 15) is 13.2 Å². The highest BCUT2D eigenvalue weighted by Crippen LogP contribution is 2.27. The molecule has 162 valence electrons. The minimum Gasteiger partial charge on any atom is -0.345 e. The molecule has 0 aliphatic carbocycles. The van der Waals surface area contributed by atoms with Crippen molar-refractivity contribution in [1.29, 1.82) is 0 Å². The monoisotopic (exact) mass is 448 g/mol. The number of benzene rings is 2. The van der Waals surface area contributed by atoms with Gasteiger partial charge in [-0.15, -0.1) is 0 Å². The summed E-state index contributed by atoms with van der Waals surface area (Å²) in [7, 11) is -3.65. The number of piperidine rings is 1. The van der Waals surface area contributed by atoms with Crippen LogP contribution in [-0.2, 0) is 10.0 Å². The Kier molecular flexibility index (Phi) is 7.22. The molecule has 1 atom stereocenters.